The lowest BCUT2D eigenvalue weighted by Gasteiger charge is -2.15. The monoisotopic (exact) mass is 422 g/mol. The summed E-state index contributed by atoms with van der Waals surface area (Å²) in [5.41, 5.74) is 1.44. The minimum atomic E-state index is -0.537. The molecule has 8 nitrogen and oxygen atoms in total. The van der Waals surface area contributed by atoms with Crippen LogP contribution in [-0.4, -0.2) is 31.5 Å². The van der Waals surface area contributed by atoms with E-state index in [1.165, 1.54) is 18.8 Å². The summed E-state index contributed by atoms with van der Waals surface area (Å²) in [7, 11) is 2.99. The normalized spacial score (nSPS) is 11.8. The van der Waals surface area contributed by atoms with Gasteiger partial charge in [0.25, 0.3) is 11.5 Å². The van der Waals surface area contributed by atoms with Crippen molar-refractivity contribution in [3.05, 3.63) is 75.7 Å². The number of nitrogens with one attached hydrogen (secondary N) is 1. The summed E-state index contributed by atoms with van der Waals surface area (Å²) in [5, 5.41) is 2.77. The van der Waals surface area contributed by atoms with Gasteiger partial charge in [-0.15, -0.1) is 0 Å². The van der Waals surface area contributed by atoms with Gasteiger partial charge in [0.15, 0.2) is 11.5 Å². The Labute approximate surface area is 178 Å². The third-order valence-corrected chi connectivity index (χ3v) is 5.06. The second-order valence-corrected chi connectivity index (χ2v) is 6.99. The number of ether oxygens (including phenoxy) is 4. The molecule has 0 saturated heterocycles. The number of carbonyl (C=O) groups excluding carboxylic acids is 1. The van der Waals surface area contributed by atoms with Crippen LogP contribution in [0, 0.1) is 6.92 Å². The van der Waals surface area contributed by atoms with Crippen molar-refractivity contribution < 1.29 is 23.7 Å². The van der Waals surface area contributed by atoms with Gasteiger partial charge in [-0.2, -0.15) is 0 Å². The van der Waals surface area contributed by atoms with E-state index < -0.39 is 11.5 Å². The van der Waals surface area contributed by atoms with E-state index in [1.807, 2.05) is 12.1 Å². The van der Waals surface area contributed by atoms with Gasteiger partial charge >= 0.3 is 0 Å². The number of carbonyl (C=O) groups is 1. The molecule has 0 saturated carbocycles. The Balaban J connectivity index is 1.65. The van der Waals surface area contributed by atoms with Crippen molar-refractivity contribution in [3.8, 4) is 23.0 Å². The lowest BCUT2D eigenvalue weighted by atomic mass is 10.1. The molecule has 4 rings (SSSR count). The number of fused-ring (bicyclic) bond motifs is 1. The van der Waals surface area contributed by atoms with E-state index in [0.717, 1.165) is 5.56 Å². The molecule has 0 spiro atoms. The van der Waals surface area contributed by atoms with Crippen molar-refractivity contribution >= 4 is 11.6 Å². The number of pyridine rings is 1. The maximum absolute atomic E-state index is 13.2. The third-order valence-electron chi connectivity index (χ3n) is 5.06. The van der Waals surface area contributed by atoms with Crippen LogP contribution < -0.4 is 29.8 Å². The molecule has 1 aromatic heterocycles. The summed E-state index contributed by atoms with van der Waals surface area (Å²) in [6, 6.07) is 12.4. The van der Waals surface area contributed by atoms with Crippen LogP contribution in [-0.2, 0) is 6.54 Å². The van der Waals surface area contributed by atoms with Crippen molar-refractivity contribution in [2.75, 3.05) is 26.3 Å². The Morgan fingerprint density at radius 2 is 1.77 bits per heavy atom. The van der Waals surface area contributed by atoms with E-state index in [2.05, 4.69) is 5.32 Å². The zero-order valence-electron chi connectivity index (χ0n) is 17.4. The molecule has 0 unspecified atom stereocenters. The molecule has 31 heavy (non-hydrogen) atoms. The number of hydrogen-bond donors (Lipinski definition) is 1. The van der Waals surface area contributed by atoms with Gasteiger partial charge in [0.2, 0.25) is 6.79 Å². The number of anilines is 1. The van der Waals surface area contributed by atoms with Crippen LogP contribution >= 0.6 is 0 Å². The Morgan fingerprint density at radius 1 is 1.06 bits per heavy atom. The quantitative estimate of drug-likeness (QED) is 0.656. The third kappa shape index (κ3) is 3.92. The van der Waals surface area contributed by atoms with E-state index in [1.54, 1.807) is 43.5 Å². The molecular weight excluding hydrogens is 400 g/mol. The van der Waals surface area contributed by atoms with Gasteiger partial charge < -0.3 is 28.8 Å². The Hall–Kier alpha value is -3.94. The van der Waals surface area contributed by atoms with Crippen molar-refractivity contribution in [3.63, 3.8) is 0 Å². The molecule has 0 atom stereocenters. The smallest absolute Gasteiger partial charge is 0.263 e. The van der Waals surface area contributed by atoms with Crippen LogP contribution in [0.25, 0.3) is 0 Å². The molecule has 1 aliphatic rings. The molecule has 3 aromatic rings. The standard InChI is InChI=1S/C23H22N2O6/c1-14-9-10-25(12-15-7-8-16-19(11-15)31-13-30-16)23(27)20(14)22(26)24-21-17(28-2)5-4-6-18(21)29-3/h4-11H,12-13H2,1-3H3,(H,24,26). The molecule has 1 N–H and O–H groups in total. The molecule has 0 aliphatic carbocycles. The van der Waals surface area contributed by atoms with E-state index in [9.17, 15) is 9.59 Å². The minimum Gasteiger partial charge on any atom is -0.494 e. The number of methoxy groups -OCH3 is 2. The first kappa shape index (κ1) is 20.3. The molecule has 0 bridgehead atoms. The number of aryl methyl sites for hydroxylation is 1. The highest BCUT2D eigenvalue weighted by atomic mass is 16.7. The summed E-state index contributed by atoms with van der Waals surface area (Å²) in [4.78, 5) is 26.2. The maximum Gasteiger partial charge on any atom is 0.263 e. The fourth-order valence-corrected chi connectivity index (χ4v) is 3.45. The lowest BCUT2D eigenvalue weighted by molar-refractivity contribution is 0.102. The summed E-state index contributed by atoms with van der Waals surface area (Å²) >= 11 is 0. The number of amides is 1. The topological polar surface area (TPSA) is 88.0 Å². The molecule has 2 aromatic carbocycles. The molecule has 0 radical (unpaired) electrons. The van der Waals surface area contributed by atoms with Crippen LogP contribution in [0.3, 0.4) is 0 Å². The van der Waals surface area contributed by atoms with Crippen LogP contribution in [0.4, 0.5) is 5.69 Å². The van der Waals surface area contributed by atoms with Gasteiger partial charge in [-0.05, 0) is 48.4 Å². The largest absolute Gasteiger partial charge is 0.494 e. The summed E-state index contributed by atoms with van der Waals surface area (Å²) < 4.78 is 22.9. The second kappa shape index (κ2) is 8.43. The number of aromatic nitrogens is 1. The summed E-state index contributed by atoms with van der Waals surface area (Å²) in [5.74, 6) is 1.64. The van der Waals surface area contributed by atoms with Gasteiger partial charge in [0.05, 0.1) is 20.8 Å². The second-order valence-electron chi connectivity index (χ2n) is 6.99. The fraction of sp³-hybridized carbons (Fsp3) is 0.217. The maximum atomic E-state index is 13.2. The summed E-state index contributed by atoms with van der Waals surface area (Å²) in [6.45, 7) is 2.19. The van der Waals surface area contributed by atoms with Gasteiger partial charge in [0, 0.05) is 6.20 Å². The highest BCUT2D eigenvalue weighted by molar-refractivity contribution is 6.06. The Bertz CT molecular complexity index is 1180. The van der Waals surface area contributed by atoms with Crippen LogP contribution in [0.5, 0.6) is 23.0 Å². The lowest BCUT2D eigenvalue weighted by Crippen LogP contribution is -2.30. The average molecular weight is 422 g/mol. The van der Waals surface area contributed by atoms with E-state index in [4.69, 9.17) is 18.9 Å². The predicted octanol–water partition coefficient (Wildman–Crippen LogP) is 3.20. The molecule has 1 amide bonds. The number of rotatable bonds is 6. The first-order valence-corrected chi connectivity index (χ1v) is 9.62. The number of para-hydroxylation sites is 1. The molecule has 1 aliphatic heterocycles. The number of benzene rings is 2. The first-order chi connectivity index (χ1) is 15.0. The van der Waals surface area contributed by atoms with Gasteiger partial charge in [0.1, 0.15) is 22.7 Å². The number of hydrogen-bond acceptors (Lipinski definition) is 6. The van der Waals surface area contributed by atoms with Crippen LogP contribution in [0.2, 0.25) is 0 Å². The average Bonchev–Trinajstić information content (AvgIpc) is 3.24. The van der Waals surface area contributed by atoms with Gasteiger partial charge in [-0.3, -0.25) is 9.59 Å². The Kier molecular flexibility index (Phi) is 5.53. The van der Waals surface area contributed by atoms with Crippen molar-refractivity contribution in [2.24, 2.45) is 0 Å². The van der Waals surface area contributed by atoms with Crippen LogP contribution in [0.1, 0.15) is 21.5 Å². The molecule has 8 heteroatoms. The zero-order chi connectivity index (χ0) is 22.0. The van der Waals surface area contributed by atoms with E-state index in [-0.39, 0.29) is 18.9 Å². The van der Waals surface area contributed by atoms with Gasteiger partial charge in [-0.1, -0.05) is 12.1 Å². The highest BCUT2D eigenvalue weighted by Crippen LogP contribution is 2.34. The molecular formula is C23H22N2O6. The first-order valence-electron chi connectivity index (χ1n) is 9.62. The predicted molar refractivity (Wildman–Crippen MR) is 115 cm³/mol. The van der Waals surface area contributed by atoms with Crippen molar-refractivity contribution in [1.29, 1.82) is 0 Å². The number of nitrogens with zero attached hydrogens (tertiary/aromatic N) is 1. The minimum absolute atomic E-state index is 0.0520. The fourth-order valence-electron chi connectivity index (χ4n) is 3.45. The molecule has 160 valence electrons. The highest BCUT2D eigenvalue weighted by Gasteiger charge is 2.20. The van der Waals surface area contributed by atoms with Crippen molar-refractivity contribution in [2.45, 2.75) is 13.5 Å². The van der Waals surface area contributed by atoms with Gasteiger partial charge in [-0.25, -0.2) is 0 Å². The zero-order valence-corrected chi connectivity index (χ0v) is 17.4. The Morgan fingerprint density at radius 3 is 2.48 bits per heavy atom. The molecule has 2 heterocycles. The van der Waals surface area contributed by atoms with Crippen molar-refractivity contribution in [1.82, 2.24) is 4.57 Å². The summed E-state index contributed by atoms with van der Waals surface area (Å²) in [6.07, 6.45) is 1.67. The molecule has 0 fully saturated rings. The van der Waals surface area contributed by atoms with Crippen LogP contribution in [0.15, 0.2) is 53.5 Å². The van der Waals surface area contributed by atoms with E-state index in [0.29, 0.717) is 34.2 Å². The van der Waals surface area contributed by atoms with E-state index >= 15 is 0 Å². The SMILES string of the molecule is COc1cccc(OC)c1NC(=O)c1c(C)ccn(Cc2ccc3c(c2)OCO3)c1=O.